The molecule has 5 nitrogen and oxygen atoms in total. The molecule has 0 aliphatic carbocycles. The van der Waals surface area contributed by atoms with Crippen molar-refractivity contribution < 1.29 is 9.90 Å². The third-order valence-electron chi connectivity index (χ3n) is 1.89. The van der Waals surface area contributed by atoms with Crippen molar-refractivity contribution in [1.82, 2.24) is 14.8 Å². The third kappa shape index (κ3) is 2.60. The van der Waals surface area contributed by atoms with Crippen molar-refractivity contribution in [3.63, 3.8) is 0 Å². The summed E-state index contributed by atoms with van der Waals surface area (Å²) < 4.78 is 1.78. The Balaban J connectivity index is 1.98. The quantitative estimate of drug-likeness (QED) is 0.817. The molecule has 0 spiro atoms. The van der Waals surface area contributed by atoms with Crippen molar-refractivity contribution >= 4 is 17.7 Å². The number of pyridine rings is 1. The molecule has 2 heterocycles. The Morgan fingerprint density at radius 3 is 2.94 bits per heavy atom. The molecule has 0 fully saturated rings. The molecule has 0 aromatic carbocycles. The number of thioether (sulfide) groups is 1. The van der Waals surface area contributed by atoms with Crippen LogP contribution in [0.15, 0.2) is 41.8 Å². The SMILES string of the molecule is O=C(O)c1ccc(SCn2cccn2)nc1. The summed E-state index contributed by atoms with van der Waals surface area (Å²) in [7, 11) is 0. The van der Waals surface area contributed by atoms with E-state index in [4.69, 9.17) is 5.11 Å². The highest BCUT2D eigenvalue weighted by molar-refractivity contribution is 7.98. The van der Waals surface area contributed by atoms with Crippen LogP contribution in [0.2, 0.25) is 0 Å². The van der Waals surface area contributed by atoms with Crippen LogP contribution in [-0.4, -0.2) is 25.8 Å². The van der Waals surface area contributed by atoms with E-state index in [1.165, 1.54) is 18.0 Å². The maximum atomic E-state index is 10.6. The molecule has 0 aliphatic heterocycles. The topological polar surface area (TPSA) is 68.0 Å². The molecule has 2 rings (SSSR count). The summed E-state index contributed by atoms with van der Waals surface area (Å²) in [5, 5.41) is 13.5. The summed E-state index contributed by atoms with van der Waals surface area (Å²) in [6.07, 6.45) is 4.92. The smallest absolute Gasteiger partial charge is 0.337 e. The van der Waals surface area contributed by atoms with Gasteiger partial charge in [0.15, 0.2) is 0 Å². The van der Waals surface area contributed by atoms with Gasteiger partial charge in [-0.1, -0.05) is 11.8 Å². The van der Waals surface area contributed by atoms with E-state index < -0.39 is 5.97 Å². The van der Waals surface area contributed by atoms with E-state index in [2.05, 4.69) is 10.1 Å². The van der Waals surface area contributed by atoms with E-state index in [-0.39, 0.29) is 5.56 Å². The van der Waals surface area contributed by atoms with Gasteiger partial charge in [-0.15, -0.1) is 0 Å². The van der Waals surface area contributed by atoms with Crippen LogP contribution in [0, 0.1) is 0 Å². The van der Waals surface area contributed by atoms with Gasteiger partial charge in [0.1, 0.15) is 0 Å². The summed E-state index contributed by atoms with van der Waals surface area (Å²) in [5.74, 6) is -0.303. The maximum Gasteiger partial charge on any atom is 0.337 e. The van der Waals surface area contributed by atoms with Crippen molar-refractivity contribution in [2.24, 2.45) is 0 Å². The average molecular weight is 235 g/mol. The lowest BCUT2D eigenvalue weighted by Gasteiger charge is -2.01. The molecule has 82 valence electrons. The molecular weight excluding hydrogens is 226 g/mol. The number of aromatic nitrogens is 3. The van der Waals surface area contributed by atoms with Crippen LogP contribution in [0.25, 0.3) is 0 Å². The summed E-state index contributed by atoms with van der Waals surface area (Å²) >= 11 is 1.49. The fraction of sp³-hybridized carbons (Fsp3) is 0.100. The van der Waals surface area contributed by atoms with Crippen molar-refractivity contribution in [3.05, 3.63) is 42.4 Å². The Labute approximate surface area is 96.1 Å². The molecule has 0 atom stereocenters. The van der Waals surface area contributed by atoms with Gasteiger partial charge in [-0.2, -0.15) is 5.10 Å². The molecule has 0 unspecified atom stereocenters. The molecule has 6 heteroatoms. The Bertz CT molecular complexity index is 467. The minimum atomic E-state index is -0.962. The molecular formula is C10H9N3O2S. The van der Waals surface area contributed by atoms with Crippen LogP contribution >= 0.6 is 11.8 Å². The monoisotopic (exact) mass is 235 g/mol. The Morgan fingerprint density at radius 2 is 2.38 bits per heavy atom. The van der Waals surface area contributed by atoms with E-state index >= 15 is 0 Å². The summed E-state index contributed by atoms with van der Waals surface area (Å²) in [6.45, 7) is 0. The third-order valence-corrected chi connectivity index (χ3v) is 2.82. The van der Waals surface area contributed by atoms with Crippen LogP contribution in [0.4, 0.5) is 0 Å². The van der Waals surface area contributed by atoms with Crippen LogP contribution in [-0.2, 0) is 5.88 Å². The molecule has 0 aliphatic rings. The Hall–Kier alpha value is -1.82. The standard InChI is InChI=1S/C10H9N3O2S/c14-10(15)8-2-3-9(11-6-8)16-7-13-5-1-4-12-13/h1-6H,7H2,(H,14,15). The van der Waals surface area contributed by atoms with Gasteiger partial charge in [0.2, 0.25) is 0 Å². The van der Waals surface area contributed by atoms with Gasteiger partial charge in [0.25, 0.3) is 0 Å². The van der Waals surface area contributed by atoms with E-state index in [0.717, 1.165) is 5.03 Å². The van der Waals surface area contributed by atoms with Gasteiger partial charge in [-0.3, -0.25) is 4.68 Å². The van der Waals surface area contributed by atoms with Crippen molar-refractivity contribution in [2.45, 2.75) is 10.9 Å². The zero-order valence-electron chi connectivity index (χ0n) is 8.28. The van der Waals surface area contributed by atoms with Gasteiger partial charge < -0.3 is 5.11 Å². The number of hydrogen-bond acceptors (Lipinski definition) is 4. The molecule has 2 aromatic heterocycles. The lowest BCUT2D eigenvalue weighted by molar-refractivity contribution is 0.0696. The van der Waals surface area contributed by atoms with Crippen molar-refractivity contribution in [1.29, 1.82) is 0 Å². The molecule has 1 N–H and O–H groups in total. The van der Waals surface area contributed by atoms with Gasteiger partial charge in [0, 0.05) is 18.6 Å². The fourth-order valence-corrected chi connectivity index (χ4v) is 1.81. The lowest BCUT2D eigenvalue weighted by atomic mass is 10.3. The second-order valence-corrected chi connectivity index (χ2v) is 3.97. The van der Waals surface area contributed by atoms with Crippen LogP contribution < -0.4 is 0 Å². The average Bonchev–Trinajstić information content (AvgIpc) is 2.80. The highest BCUT2D eigenvalue weighted by Crippen LogP contribution is 2.16. The van der Waals surface area contributed by atoms with Gasteiger partial charge >= 0.3 is 5.97 Å². The minimum Gasteiger partial charge on any atom is -0.478 e. The summed E-state index contributed by atoms with van der Waals surface area (Å²) in [5.41, 5.74) is 0.198. The Kier molecular flexibility index (Phi) is 3.21. The minimum absolute atomic E-state index is 0.198. The van der Waals surface area contributed by atoms with Crippen molar-refractivity contribution in [3.8, 4) is 0 Å². The number of carbonyl (C=O) groups is 1. The number of carboxylic acid groups (broad SMARTS) is 1. The zero-order chi connectivity index (χ0) is 11.4. The van der Waals surface area contributed by atoms with Gasteiger partial charge in [-0.05, 0) is 18.2 Å². The van der Waals surface area contributed by atoms with Gasteiger partial charge in [-0.25, -0.2) is 9.78 Å². The molecule has 0 saturated carbocycles. The number of carboxylic acids is 1. The molecule has 16 heavy (non-hydrogen) atoms. The fourth-order valence-electron chi connectivity index (χ4n) is 1.10. The second-order valence-electron chi connectivity index (χ2n) is 3.01. The predicted molar refractivity (Wildman–Crippen MR) is 59.3 cm³/mol. The number of rotatable bonds is 4. The number of aromatic carboxylic acids is 1. The normalized spacial score (nSPS) is 10.2. The first-order valence-corrected chi connectivity index (χ1v) is 5.54. The van der Waals surface area contributed by atoms with E-state index in [0.29, 0.717) is 5.88 Å². The highest BCUT2D eigenvalue weighted by atomic mass is 32.2. The first kappa shape index (κ1) is 10.7. The maximum absolute atomic E-state index is 10.6. The van der Waals surface area contributed by atoms with Gasteiger partial charge in [0.05, 0.1) is 16.5 Å². The zero-order valence-corrected chi connectivity index (χ0v) is 9.09. The van der Waals surface area contributed by atoms with E-state index in [1.807, 2.05) is 12.3 Å². The lowest BCUT2D eigenvalue weighted by Crippen LogP contribution is -1.98. The first-order valence-electron chi connectivity index (χ1n) is 4.55. The highest BCUT2D eigenvalue weighted by Gasteiger charge is 2.03. The number of hydrogen-bond donors (Lipinski definition) is 1. The largest absolute Gasteiger partial charge is 0.478 e. The second kappa shape index (κ2) is 4.80. The van der Waals surface area contributed by atoms with Crippen LogP contribution in [0.1, 0.15) is 10.4 Å². The molecule has 0 bridgehead atoms. The molecule has 0 amide bonds. The summed E-state index contributed by atoms with van der Waals surface area (Å²) in [6, 6.07) is 5.08. The summed E-state index contributed by atoms with van der Waals surface area (Å²) in [4.78, 5) is 14.6. The van der Waals surface area contributed by atoms with Crippen LogP contribution in [0.3, 0.4) is 0 Å². The predicted octanol–water partition coefficient (Wildman–Crippen LogP) is 1.73. The van der Waals surface area contributed by atoms with Crippen molar-refractivity contribution in [2.75, 3.05) is 0 Å². The van der Waals surface area contributed by atoms with E-state index in [9.17, 15) is 4.79 Å². The Morgan fingerprint density at radius 1 is 1.50 bits per heavy atom. The molecule has 2 aromatic rings. The molecule has 0 saturated heterocycles. The number of nitrogens with zero attached hydrogens (tertiary/aromatic N) is 3. The van der Waals surface area contributed by atoms with E-state index in [1.54, 1.807) is 23.0 Å². The first-order chi connectivity index (χ1) is 7.75. The molecule has 0 radical (unpaired) electrons. The van der Waals surface area contributed by atoms with Crippen LogP contribution in [0.5, 0.6) is 0 Å².